The zero-order valence-electron chi connectivity index (χ0n) is 4.20. The van der Waals surface area contributed by atoms with Gasteiger partial charge in [0.05, 0.1) is 0 Å². The molecule has 0 aliphatic carbocycles. The van der Waals surface area contributed by atoms with Crippen molar-refractivity contribution in [2.45, 2.75) is 13.8 Å². The Kier molecular flexibility index (Phi) is 14.3. The summed E-state index contributed by atoms with van der Waals surface area (Å²) in [6.07, 6.45) is 0. The van der Waals surface area contributed by atoms with Crippen molar-refractivity contribution in [1.82, 2.24) is 0 Å². The number of rotatable bonds is 2. The lowest BCUT2D eigenvalue weighted by Crippen LogP contribution is -3.00. The van der Waals surface area contributed by atoms with E-state index in [1.54, 1.807) is 0 Å². The van der Waals surface area contributed by atoms with Gasteiger partial charge in [0, 0.05) is 13.2 Å². The van der Waals surface area contributed by atoms with Gasteiger partial charge in [-0.1, -0.05) is 0 Å². The third-order valence-corrected chi connectivity index (χ3v) is 0.408. The third kappa shape index (κ3) is 8.87. The standard InChI is InChI=1S/C4H10O.ClH/c1-3-5-4-2;/h3-4H2,1-2H3;1H/p-1. The van der Waals surface area contributed by atoms with Gasteiger partial charge in [-0.2, -0.15) is 0 Å². The average molecular weight is 110 g/mol. The molecule has 0 aromatic carbocycles. The van der Waals surface area contributed by atoms with Crippen molar-refractivity contribution in [3.05, 3.63) is 0 Å². The largest absolute Gasteiger partial charge is 1.00 e. The van der Waals surface area contributed by atoms with E-state index >= 15 is 0 Å². The lowest BCUT2D eigenvalue weighted by Gasteiger charge is -1.86. The molecule has 0 amide bonds. The van der Waals surface area contributed by atoms with Crippen LogP contribution in [-0.2, 0) is 4.74 Å². The molecule has 0 atom stereocenters. The average Bonchev–Trinajstić information content (AvgIpc) is 1.41. The van der Waals surface area contributed by atoms with E-state index in [1.165, 1.54) is 0 Å². The Labute approximate surface area is 45.1 Å². The highest BCUT2D eigenvalue weighted by Gasteiger charge is 1.64. The summed E-state index contributed by atoms with van der Waals surface area (Å²) in [7, 11) is 0. The molecule has 0 bridgehead atoms. The van der Waals surface area contributed by atoms with Gasteiger partial charge in [0.25, 0.3) is 0 Å². The predicted octanol–water partition coefficient (Wildman–Crippen LogP) is -1.95. The van der Waals surface area contributed by atoms with Gasteiger partial charge >= 0.3 is 0 Å². The van der Waals surface area contributed by atoms with E-state index in [-0.39, 0.29) is 12.4 Å². The summed E-state index contributed by atoms with van der Waals surface area (Å²) in [4.78, 5) is 0. The van der Waals surface area contributed by atoms with Crippen LogP contribution in [0.25, 0.3) is 0 Å². The molecule has 0 heterocycles. The van der Waals surface area contributed by atoms with Crippen LogP contribution in [0.4, 0.5) is 0 Å². The first-order valence-electron chi connectivity index (χ1n) is 1.99. The van der Waals surface area contributed by atoms with Crippen molar-refractivity contribution >= 4 is 0 Å². The minimum absolute atomic E-state index is 0. The first-order valence-corrected chi connectivity index (χ1v) is 1.99. The maximum absolute atomic E-state index is 4.83. The van der Waals surface area contributed by atoms with E-state index in [0.717, 1.165) is 13.2 Å². The van der Waals surface area contributed by atoms with Crippen molar-refractivity contribution in [3.63, 3.8) is 0 Å². The molecule has 0 N–H and O–H groups in total. The minimum atomic E-state index is 0. The molecular weight excluding hydrogens is 99.5 g/mol. The molecule has 0 aromatic heterocycles. The number of ether oxygens (including phenoxy) is 1. The zero-order chi connectivity index (χ0) is 4.12. The van der Waals surface area contributed by atoms with E-state index in [0.29, 0.717) is 0 Å². The molecule has 40 valence electrons. The molecule has 0 rings (SSSR count). The van der Waals surface area contributed by atoms with Crippen LogP contribution in [0.3, 0.4) is 0 Å². The summed E-state index contributed by atoms with van der Waals surface area (Å²) in [6, 6.07) is 0. The van der Waals surface area contributed by atoms with Gasteiger partial charge in [-0.05, 0) is 13.8 Å². The number of halogens is 1. The smallest absolute Gasteiger partial charge is 0.0437 e. The fourth-order valence-corrected chi connectivity index (χ4v) is 0.204. The lowest BCUT2D eigenvalue weighted by atomic mass is 10.8. The topological polar surface area (TPSA) is 9.23 Å². The zero-order valence-corrected chi connectivity index (χ0v) is 4.96. The van der Waals surface area contributed by atoms with Crippen molar-refractivity contribution in [1.29, 1.82) is 0 Å². The molecule has 0 radical (unpaired) electrons. The van der Waals surface area contributed by atoms with Crippen LogP contribution >= 0.6 is 0 Å². The second-order valence-corrected chi connectivity index (χ2v) is 0.781. The third-order valence-electron chi connectivity index (χ3n) is 0.408. The highest BCUT2D eigenvalue weighted by atomic mass is 35.5. The fourth-order valence-electron chi connectivity index (χ4n) is 0.204. The Morgan fingerprint density at radius 3 is 1.50 bits per heavy atom. The van der Waals surface area contributed by atoms with Crippen molar-refractivity contribution in [2.24, 2.45) is 0 Å². The molecule has 0 saturated heterocycles. The van der Waals surface area contributed by atoms with Gasteiger partial charge in [0.15, 0.2) is 0 Å². The Morgan fingerprint density at radius 2 is 1.50 bits per heavy atom. The Balaban J connectivity index is 0. The highest BCUT2D eigenvalue weighted by Crippen LogP contribution is 1.64. The van der Waals surface area contributed by atoms with Crippen LogP contribution in [0.5, 0.6) is 0 Å². The maximum atomic E-state index is 4.83. The Bertz CT molecular complexity index is 15.0. The van der Waals surface area contributed by atoms with Crippen LogP contribution in [0.1, 0.15) is 13.8 Å². The number of hydrogen-bond donors (Lipinski definition) is 0. The van der Waals surface area contributed by atoms with Crippen molar-refractivity contribution < 1.29 is 17.1 Å². The van der Waals surface area contributed by atoms with Gasteiger partial charge in [0.1, 0.15) is 0 Å². The van der Waals surface area contributed by atoms with E-state index in [1.807, 2.05) is 13.8 Å². The van der Waals surface area contributed by atoms with Gasteiger partial charge in [-0.25, -0.2) is 0 Å². The molecule has 6 heavy (non-hydrogen) atoms. The van der Waals surface area contributed by atoms with Crippen LogP contribution < -0.4 is 12.4 Å². The summed E-state index contributed by atoms with van der Waals surface area (Å²) >= 11 is 0. The van der Waals surface area contributed by atoms with Crippen LogP contribution in [0, 0.1) is 0 Å². The van der Waals surface area contributed by atoms with Crippen LogP contribution in [0.15, 0.2) is 0 Å². The molecule has 0 spiro atoms. The molecule has 0 fully saturated rings. The summed E-state index contributed by atoms with van der Waals surface area (Å²) < 4.78 is 4.83. The summed E-state index contributed by atoms with van der Waals surface area (Å²) in [5, 5.41) is 0. The minimum Gasteiger partial charge on any atom is -1.00 e. The van der Waals surface area contributed by atoms with E-state index in [4.69, 9.17) is 4.74 Å². The second kappa shape index (κ2) is 8.98. The second-order valence-electron chi connectivity index (χ2n) is 0.781. The molecule has 1 nitrogen and oxygen atoms in total. The SMILES string of the molecule is CCOCC.[Cl-]. The first-order chi connectivity index (χ1) is 2.41. The summed E-state index contributed by atoms with van der Waals surface area (Å²) in [5.41, 5.74) is 0. The molecule has 0 unspecified atom stereocenters. The van der Waals surface area contributed by atoms with Crippen LogP contribution in [0.2, 0.25) is 0 Å². The van der Waals surface area contributed by atoms with E-state index < -0.39 is 0 Å². The normalized spacial score (nSPS) is 7.00. The summed E-state index contributed by atoms with van der Waals surface area (Å²) in [5.74, 6) is 0. The molecule has 0 saturated carbocycles. The van der Waals surface area contributed by atoms with Gasteiger partial charge in [0.2, 0.25) is 0 Å². The van der Waals surface area contributed by atoms with Gasteiger partial charge < -0.3 is 17.1 Å². The number of hydrogen-bond acceptors (Lipinski definition) is 1. The molecule has 0 aromatic rings. The Hall–Kier alpha value is 0.250. The first kappa shape index (κ1) is 9.54. The van der Waals surface area contributed by atoms with Crippen LogP contribution in [-0.4, -0.2) is 13.2 Å². The predicted molar refractivity (Wildman–Crippen MR) is 22.2 cm³/mol. The van der Waals surface area contributed by atoms with E-state index in [9.17, 15) is 0 Å². The molecule has 0 aliphatic heterocycles. The maximum Gasteiger partial charge on any atom is 0.0437 e. The van der Waals surface area contributed by atoms with Gasteiger partial charge in [-0.3, -0.25) is 0 Å². The van der Waals surface area contributed by atoms with Crippen molar-refractivity contribution in [3.8, 4) is 0 Å². The van der Waals surface area contributed by atoms with Gasteiger partial charge in [-0.15, -0.1) is 0 Å². The molecule has 0 aliphatic rings. The van der Waals surface area contributed by atoms with Crippen molar-refractivity contribution in [2.75, 3.05) is 13.2 Å². The highest BCUT2D eigenvalue weighted by molar-refractivity contribution is 4.07. The fraction of sp³-hybridized carbons (Fsp3) is 1.00. The molecule has 2 heteroatoms. The van der Waals surface area contributed by atoms with E-state index in [2.05, 4.69) is 0 Å². The quantitative estimate of drug-likeness (QED) is 0.401. The lowest BCUT2D eigenvalue weighted by molar-refractivity contribution is -0.00000212. The monoisotopic (exact) mass is 109 g/mol. The summed E-state index contributed by atoms with van der Waals surface area (Å²) in [6.45, 7) is 5.67. The Morgan fingerprint density at radius 1 is 1.17 bits per heavy atom. The molecular formula is C4H10ClO-.